The van der Waals surface area contributed by atoms with Gasteiger partial charge in [-0.25, -0.2) is 18.3 Å². The van der Waals surface area contributed by atoms with Crippen LogP contribution >= 0.6 is 0 Å². The van der Waals surface area contributed by atoms with Crippen LogP contribution in [0.2, 0.25) is 0 Å². The van der Waals surface area contributed by atoms with Crippen molar-refractivity contribution in [1.29, 1.82) is 0 Å². The third-order valence-corrected chi connectivity index (χ3v) is 7.85. The number of aryl methyl sites for hydroxylation is 2. The van der Waals surface area contributed by atoms with E-state index in [1.54, 1.807) is 25.1 Å². The number of carbonyl (C=O) groups is 2. The van der Waals surface area contributed by atoms with Crippen molar-refractivity contribution in [2.75, 3.05) is 10.9 Å². The summed E-state index contributed by atoms with van der Waals surface area (Å²) >= 11 is -2.46. The van der Waals surface area contributed by atoms with Gasteiger partial charge in [0.05, 0.1) is 12.3 Å². The molecular weight excluding hydrogens is 526 g/mol. The van der Waals surface area contributed by atoms with E-state index in [1.165, 1.54) is 0 Å². The highest BCUT2D eigenvalue weighted by Crippen LogP contribution is 2.37. The van der Waals surface area contributed by atoms with E-state index in [9.17, 15) is 18.4 Å². The molecule has 1 saturated carbocycles. The minimum atomic E-state index is -2.46. The lowest BCUT2D eigenvalue weighted by atomic mass is 10.0. The zero-order valence-corrected chi connectivity index (χ0v) is 23.7. The summed E-state index contributed by atoms with van der Waals surface area (Å²) in [5.41, 5.74) is 6.16. The second-order valence-electron chi connectivity index (χ2n) is 10.1. The maximum Gasteiger partial charge on any atom is 0.357 e. The van der Waals surface area contributed by atoms with Crippen LogP contribution in [0, 0.1) is 12.8 Å². The minimum absolute atomic E-state index is 0.193. The fourth-order valence-electron chi connectivity index (χ4n) is 5.02. The van der Waals surface area contributed by atoms with Crippen molar-refractivity contribution in [3.63, 3.8) is 0 Å². The number of hydrogen-bond donors (Lipinski definition) is 1. The lowest BCUT2D eigenvalue weighted by molar-refractivity contribution is -0.118. The van der Waals surface area contributed by atoms with Gasteiger partial charge in [0.15, 0.2) is 5.69 Å². The number of anilines is 1. The first-order chi connectivity index (χ1) is 19.3. The zero-order valence-electron chi connectivity index (χ0n) is 22.9. The van der Waals surface area contributed by atoms with Gasteiger partial charge in [0.1, 0.15) is 5.65 Å². The normalized spacial score (nSPS) is 13.8. The first-order valence-electron chi connectivity index (χ1n) is 13.6. The summed E-state index contributed by atoms with van der Waals surface area (Å²) in [6, 6.07) is 19.1. The molecule has 1 aliphatic carbocycles. The van der Waals surface area contributed by atoms with Crippen LogP contribution in [0.3, 0.4) is 0 Å². The lowest BCUT2D eigenvalue weighted by Crippen LogP contribution is -2.34. The first-order valence-corrected chi connectivity index (χ1v) is 14.7. The van der Waals surface area contributed by atoms with Crippen molar-refractivity contribution in [3.05, 3.63) is 83.2 Å². The molecule has 0 bridgehead atoms. The van der Waals surface area contributed by atoms with Gasteiger partial charge in [-0.3, -0.25) is 9.35 Å². The molecule has 0 spiro atoms. The molecule has 2 aromatic heterocycles. The average molecular weight is 560 g/mol. The van der Waals surface area contributed by atoms with Crippen molar-refractivity contribution in [2.24, 2.45) is 5.92 Å². The van der Waals surface area contributed by atoms with Crippen LogP contribution < -0.4 is 4.31 Å². The fraction of sp³-hybridized carbons (Fsp3) is 0.323. The first kappa shape index (κ1) is 27.7. The van der Waals surface area contributed by atoms with Crippen LogP contribution in [-0.2, 0) is 33.8 Å². The summed E-state index contributed by atoms with van der Waals surface area (Å²) in [6.45, 7) is 6.74. The van der Waals surface area contributed by atoms with Gasteiger partial charge in [0.25, 0.3) is 11.3 Å². The van der Waals surface area contributed by atoms with E-state index >= 15 is 0 Å². The Balaban J connectivity index is 1.49. The molecule has 8 nitrogen and oxygen atoms in total. The molecule has 208 valence electrons. The molecule has 1 amide bonds. The van der Waals surface area contributed by atoms with E-state index in [-0.39, 0.29) is 18.4 Å². The second kappa shape index (κ2) is 11.7. The molecule has 5 rings (SSSR count). The topological polar surface area (TPSA) is 102 Å². The number of fused-ring (bicyclic) bond motifs is 1. The van der Waals surface area contributed by atoms with E-state index in [1.807, 2.05) is 43.3 Å². The van der Waals surface area contributed by atoms with Crippen LogP contribution in [0.15, 0.2) is 60.7 Å². The molecule has 2 heterocycles. The summed E-state index contributed by atoms with van der Waals surface area (Å²) in [5, 5.41) is 1.01. The Morgan fingerprint density at radius 3 is 2.48 bits per heavy atom. The highest BCUT2D eigenvalue weighted by Gasteiger charge is 2.37. The quantitative estimate of drug-likeness (QED) is 0.187. The standard InChI is InChI=1S/C31H33N3O5S/c1-4-8-24-18-26-20(3)17-27(31(36)39-5-2)32-29(26)33(24)19-21-11-13-22(14-12-21)25-9-6-7-10-28(25)34(40(37)38)30(35)23-15-16-23/h6-7,9-14,17-18,23H,4-5,8,15-16,19H2,1-3H3,(H,37,38). The fourth-order valence-corrected chi connectivity index (χ4v) is 5.65. The molecule has 40 heavy (non-hydrogen) atoms. The van der Waals surface area contributed by atoms with E-state index < -0.39 is 17.2 Å². The Morgan fingerprint density at radius 1 is 1.10 bits per heavy atom. The third kappa shape index (κ3) is 5.57. The monoisotopic (exact) mass is 559 g/mol. The van der Waals surface area contributed by atoms with Gasteiger partial charge in [0.2, 0.25) is 5.91 Å². The van der Waals surface area contributed by atoms with Gasteiger partial charge in [-0.1, -0.05) is 55.8 Å². The maximum atomic E-state index is 12.8. The van der Waals surface area contributed by atoms with Crippen molar-refractivity contribution >= 4 is 39.9 Å². The Labute approximate surface area is 236 Å². The average Bonchev–Trinajstić information content (AvgIpc) is 3.74. The number of rotatable bonds is 10. The zero-order chi connectivity index (χ0) is 28.4. The van der Waals surface area contributed by atoms with Gasteiger partial charge < -0.3 is 9.30 Å². The van der Waals surface area contributed by atoms with Crippen molar-refractivity contribution in [2.45, 2.75) is 53.0 Å². The van der Waals surface area contributed by atoms with Crippen molar-refractivity contribution < 1.29 is 23.1 Å². The van der Waals surface area contributed by atoms with Crippen LogP contribution in [-0.4, -0.2) is 36.8 Å². The van der Waals surface area contributed by atoms with Gasteiger partial charge in [0, 0.05) is 29.1 Å². The molecule has 9 heteroatoms. The molecule has 0 saturated heterocycles. The third-order valence-electron chi connectivity index (χ3n) is 7.16. The number of aromatic nitrogens is 2. The van der Waals surface area contributed by atoms with E-state index in [0.717, 1.165) is 63.4 Å². The highest BCUT2D eigenvalue weighted by molar-refractivity contribution is 7.81. The molecule has 4 aromatic rings. The molecule has 1 aliphatic rings. The predicted octanol–water partition coefficient (Wildman–Crippen LogP) is 6.07. The van der Waals surface area contributed by atoms with Gasteiger partial charge in [-0.15, -0.1) is 0 Å². The van der Waals surface area contributed by atoms with Gasteiger partial charge in [-0.05, 0) is 68.0 Å². The number of carbonyl (C=O) groups excluding carboxylic acids is 2. The molecule has 1 N–H and O–H groups in total. The lowest BCUT2D eigenvalue weighted by Gasteiger charge is -2.21. The maximum absolute atomic E-state index is 12.8. The number of ether oxygens (including phenoxy) is 1. The predicted molar refractivity (Wildman–Crippen MR) is 156 cm³/mol. The van der Waals surface area contributed by atoms with Crippen LogP contribution in [0.25, 0.3) is 22.2 Å². The summed E-state index contributed by atoms with van der Waals surface area (Å²) in [6.07, 6.45) is 3.33. The van der Waals surface area contributed by atoms with Crippen molar-refractivity contribution in [1.82, 2.24) is 9.55 Å². The molecule has 1 atom stereocenters. The van der Waals surface area contributed by atoms with E-state index in [2.05, 4.69) is 17.6 Å². The Kier molecular flexibility index (Phi) is 8.14. The summed E-state index contributed by atoms with van der Waals surface area (Å²) in [4.78, 5) is 30.0. The number of pyridine rings is 1. The highest BCUT2D eigenvalue weighted by atomic mass is 32.2. The molecule has 2 aromatic carbocycles. The number of para-hydroxylation sites is 1. The van der Waals surface area contributed by atoms with E-state index in [4.69, 9.17) is 9.72 Å². The van der Waals surface area contributed by atoms with E-state index in [0.29, 0.717) is 23.5 Å². The molecular formula is C31H33N3O5S. The van der Waals surface area contributed by atoms with Crippen LogP contribution in [0.1, 0.15) is 60.4 Å². The largest absolute Gasteiger partial charge is 0.461 e. The summed E-state index contributed by atoms with van der Waals surface area (Å²) < 4.78 is 30.5. The second-order valence-corrected chi connectivity index (χ2v) is 10.9. The van der Waals surface area contributed by atoms with Gasteiger partial charge >= 0.3 is 5.97 Å². The van der Waals surface area contributed by atoms with Crippen LogP contribution in [0.4, 0.5) is 5.69 Å². The molecule has 1 fully saturated rings. The van der Waals surface area contributed by atoms with Gasteiger partial charge in [-0.2, -0.15) is 0 Å². The number of amides is 1. The SMILES string of the molecule is CCCc1cc2c(C)cc(C(=O)OCC)nc2n1Cc1ccc(-c2ccccc2N(C(=O)C2CC2)S(=O)O)cc1. The minimum Gasteiger partial charge on any atom is -0.461 e. The molecule has 0 radical (unpaired) electrons. The molecule has 0 aliphatic heterocycles. The van der Waals surface area contributed by atoms with Crippen LogP contribution in [0.5, 0.6) is 0 Å². The summed E-state index contributed by atoms with van der Waals surface area (Å²) in [7, 11) is 0. The number of esters is 1. The van der Waals surface area contributed by atoms with Crippen molar-refractivity contribution in [3.8, 4) is 11.1 Å². The Bertz CT molecular complexity index is 1590. The Morgan fingerprint density at radius 2 is 1.82 bits per heavy atom. The summed E-state index contributed by atoms with van der Waals surface area (Å²) in [5.74, 6) is -0.946. The smallest absolute Gasteiger partial charge is 0.357 e. The molecule has 1 unspecified atom stereocenters. The number of nitrogens with zero attached hydrogens (tertiary/aromatic N) is 3. The number of benzene rings is 2. The number of hydrogen-bond acceptors (Lipinski definition) is 5. The Hall–Kier alpha value is -3.82.